The van der Waals surface area contributed by atoms with Crippen molar-refractivity contribution in [2.75, 3.05) is 19.5 Å². The predicted octanol–water partition coefficient (Wildman–Crippen LogP) is 4.24. The molecule has 0 bridgehead atoms. The molecule has 106 valence electrons. The van der Waals surface area contributed by atoms with Crippen LogP contribution in [0.5, 0.6) is 11.5 Å². The number of hydrogen-bond donors (Lipinski definition) is 1. The lowest BCUT2D eigenvalue weighted by molar-refractivity contribution is 0.350. The van der Waals surface area contributed by atoms with Crippen molar-refractivity contribution in [3.05, 3.63) is 45.1 Å². The Hall–Kier alpha value is -1.27. The first-order valence-electron chi connectivity index (χ1n) is 5.91. The van der Waals surface area contributed by atoms with Crippen LogP contribution < -0.4 is 14.8 Å². The van der Waals surface area contributed by atoms with Gasteiger partial charge in [-0.25, -0.2) is 0 Å². The lowest BCUT2D eigenvalue weighted by atomic mass is 10.2. The number of para-hydroxylation sites is 1. The molecule has 0 saturated carbocycles. The highest BCUT2D eigenvalue weighted by molar-refractivity contribution is 9.11. The molecule has 6 heteroatoms. The Morgan fingerprint density at radius 3 is 2.40 bits per heavy atom. The number of nitrogens with one attached hydrogen (secondary N) is 1. The zero-order valence-electron chi connectivity index (χ0n) is 11.1. The van der Waals surface area contributed by atoms with Gasteiger partial charge in [0.2, 0.25) is 0 Å². The number of hydrogen-bond acceptors (Lipinski definition) is 4. The van der Waals surface area contributed by atoms with Crippen LogP contribution in [0, 0.1) is 0 Å². The highest BCUT2D eigenvalue weighted by Crippen LogP contribution is 2.33. The minimum absolute atomic E-state index is 0.529. The molecule has 0 fully saturated rings. The second-order valence-electron chi connectivity index (χ2n) is 3.94. The average Bonchev–Trinajstić information content (AvgIpc) is 2.46. The summed E-state index contributed by atoms with van der Waals surface area (Å²) in [5, 5.41) is 3.33. The number of methoxy groups -OCH3 is 2. The molecule has 0 radical (unpaired) electrons. The van der Waals surface area contributed by atoms with Crippen molar-refractivity contribution in [2.45, 2.75) is 6.54 Å². The second-order valence-corrected chi connectivity index (χ2v) is 5.65. The van der Waals surface area contributed by atoms with Gasteiger partial charge in [0.25, 0.3) is 0 Å². The van der Waals surface area contributed by atoms with E-state index >= 15 is 0 Å². The third-order valence-corrected chi connectivity index (χ3v) is 4.08. The Balaban J connectivity index is 2.23. The minimum Gasteiger partial charge on any atom is -0.493 e. The fourth-order valence-corrected chi connectivity index (χ4v) is 3.09. The fraction of sp³-hybridized carbons (Fsp3) is 0.214. The summed E-state index contributed by atoms with van der Waals surface area (Å²) in [4.78, 5) is 4.33. The molecule has 20 heavy (non-hydrogen) atoms. The zero-order chi connectivity index (χ0) is 14.5. The van der Waals surface area contributed by atoms with Crippen molar-refractivity contribution in [3.63, 3.8) is 0 Å². The SMILES string of the molecule is COc1ccnc(CNc2c(Br)cccc2Br)c1OC. The summed E-state index contributed by atoms with van der Waals surface area (Å²) >= 11 is 7.03. The third-order valence-electron chi connectivity index (χ3n) is 2.76. The number of benzene rings is 1. The normalized spacial score (nSPS) is 10.2. The number of rotatable bonds is 5. The van der Waals surface area contributed by atoms with Crippen LogP contribution in [-0.2, 0) is 6.54 Å². The predicted molar refractivity (Wildman–Crippen MR) is 86.5 cm³/mol. The molecule has 2 aromatic rings. The smallest absolute Gasteiger partial charge is 0.184 e. The average molecular weight is 402 g/mol. The topological polar surface area (TPSA) is 43.4 Å². The van der Waals surface area contributed by atoms with E-state index in [0.29, 0.717) is 18.0 Å². The van der Waals surface area contributed by atoms with Gasteiger partial charge in [-0.05, 0) is 44.0 Å². The van der Waals surface area contributed by atoms with Crippen LogP contribution >= 0.6 is 31.9 Å². The molecule has 4 nitrogen and oxygen atoms in total. The van der Waals surface area contributed by atoms with Crippen LogP contribution in [-0.4, -0.2) is 19.2 Å². The van der Waals surface area contributed by atoms with Crippen molar-refractivity contribution >= 4 is 37.5 Å². The molecule has 1 aromatic heterocycles. The summed E-state index contributed by atoms with van der Waals surface area (Å²) < 4.78 is 12.6. The quantitative estimate of drug-likeness (QED) is 0.813. The number of ether oxygens (including phenoxy) is 2. The van der Waals surface area contributed by atoms with Crippen LogP contribution in [0.15, 0.2) is 39.4 Å². The van der Waals surface area contributed by atoms with Gasteiger partial charge >= 0.3 is 0 Å². The van der Waals surface area contributed by atoms with Gasteiger partial charge in [-0.2, -0.15) is 0 Å². The van der Waals surface area contributed by atoms with Crippen molar-refractivity contribution in [2.24, 2.45) is 0 Å². The van der Waals surface area contributed by atoms with Crippen LogP contribution in [0.25, 0.3) is 0 Å². The molecule has 0 saturated heterocycles. The summed E-state index contributed by atoms with van der Waals surface area (Å²) in [6.45, 7) is 0.529. The molecule has 0 aliphatic carbocycles. The summed E-state index contributed by atoms with van der Waals surface area (Å²) in [6.07, 6.45) is 1.70. The van der Waals surface area contributed by atoms with Crippen molar-refractivity contribution < 1.29 is 9.47 Å². The molecule has 0 atom stereocenters. The van der Waals surface area contributed by atoms with Gasteiger partial charge in [0, 0.05) is 21.2 Å². The van der Waals surface area contributed by atoms with E-state index in [1.165, 1.54) is 0 Å². The van der Waals surface area contributed by atoms with E-state index in [1.54, 1.807) is 26.5 Å². The van der Waals surface area contributed by atoms with Gasteiger partial charge in [-0.1, -0.05) is 6.07 Å². The highest BCUT2D eigenvalue weighted by Gasteiger charge is 2.12. The van der Waals surface area contributed by atoms with Crippen molar-refractivity contribution in [1.29, 1.82) is 0 Å². The maximum Gasteiger partial charge on any atom is 0.184 e. The first-order chi connectivity index (χ1) is 9.67. The molecule has 0 aliphatic heterocycles. The lowest BCUT2D eigenvalue weighted by Gasteiger charge is -2.14. The summed E-state index contributed by atoms with van der Waals surface area (Å²) in [5.74, 6) is 1.32. The van der Waals surface area contributed by atoms with E-state index < -0.39 is 0 Å². The Bertz CT molecular complexity index is 585. The van der Waals surface area contributed by atoms with Gasteiger partial charge in [0.15, 0.2) is 11.5 Å². The molecule has 0 amide bonds. The second kappa shape index (κ2) is 6.95. The van der Waals surface area contributed by atoms with E-state index in [4.69, 9.17) is 9.47 Å². The van der Waals surface area contributed by atoms with Crippen LogP contribution in [0.1, 0.15) is 5.69 Å². The van der Waals surface area contributed by atoms with E-state index in [0.717, 1.165) is 20.3 Å². The molecule has 0 spiro atoms. The minimum atomic E-state index is 0.529. The first kappa shape index (κ1) is 15.1. The van der Waals surface area contributed by atoms with Gasteiger partial charge in [0.05, 0.1) is 26.5 Å². The van der Waals surface area contributed by atoms with Gasteiger partial charge in [0.1, 0.15) is 5.69 Å². The van der Waals surface area contributed by atoms with Gasteiger partial charge in [-0.15, -0.1) is 0 Å². The molecule has 0 unspecified atom stereocenters. The number of pyridine rings is 1. The Morgan fingerprint density at radius 1 is 1.10 bits per heavy atom. The standard InChI is InChI=1S/C14H14Br2N2O2/c1-19-12-6-7-17-11(14(12)20-2)8-18-13-9(15)4-3-5-10(13)16/h3-7,18H,8H2,1-2H3. The Morgan fingerprint density at radius 2 is 1.80 bits per heavy atom. The summed E-state index contributed by atoms with van der Waals surface area (Å²) in [6, 6.07) is 7.69. The fourth-order valence-electron chi connectivity index (χ4n) is 1.82. The molecular weight excluding hydrogens is 388 g/mol. The van der Waals surface area contributed by atoms with E-state index in [1.807, 2.05) is 18.2 Å². The summed E-state index contributed by atoms with van der Waals surface area (Å²) in [5.41, 5.74) is 1.76. The monoisotopic (exact) mass is 400 g/mol. The van der Waals surface area contributed by atoms with Crippen LogP contribution in [0.3, 0.4) is 0 Å². The van der Waals surface area contributed by atoms with E-state index in [2.05, 4.69) is 42.2 Å². The third kappa shape index (κ3) is 3.24. The lowest BCUT2D eigenvalue weighted by Crippen LogP contribution is -2.06. The largest absolute Gasteiger partial charge is 0.493 e. The molecule has 2 rings (SSSR count). The number of anilines is 1. The van der Waals surface area contributed by atoms with E-state index in [-0.39, 0.29) is 0 Å². The molecule has 1 aromatic carbocycles. The van der Waals surface area contributed by atoms with E-state index in [9.17, 15) is 0 Å². The molecule has 0 aliphatic rings. The molecule has 1 heterocycles. The number of halogens is 2. The highest BCUT2D eigenvalue weighted by atomic mass is 79.9. The maximum absolute atomic E-state index is 5.37. The number of nitrogens with zero attached hydrogens (tertiary/aromatic N) is 1. The zero-order valence-corrected chi connectivity index (χ0v) is 14.3. The van der Waals surface area contributed by atoms with Gasteiger partial charge < -0.3 is 14.8 Å². The van der Waals surface area contributed by atoms with Crippen molar-refractivity contribution in [1.82, 2.24) is 4.98 Å². The summed E-state index contributed by atoms with van der Waals surface area (Å²) in [7, 11) is 3.22. The molecular formula is C14H14Br2N2O2. The Labute approximate surface area is 134 Å². The first-order valence-corrected chi connectivity index (χ1v) is 7.49. The van der Waals surface area contributed by atoms with Gasteiger partial charge in [-0.3, -0.25) is 4.98 Å². The Kier molecular flexibility index (Phi) is 5.25. The van der Waals surface area contributed by atoms with Crippen LogP contribution in [0.2, 0.25) is 0 Å². The maximum atomic E-state index is 5.37. The number of aromatic nitrogens is 1. The van der Waals surface area contributed by atoms with Crippen LogP contribution in [0.4, 0.5) is 5.69 Å². The van der Waals surface area contributed by atoms with Crippen molar-refractivity contribution in [3.8, 4) is 11.5 Å². The molecule has 1 N–H and O–H groups in total.